The largest absolute Gasteiger partial charge is 0.381 e. The highest BCUT2D eigenvalue weighted by molar-refractivity contribution is 5.87. The molecular weight excluding hydrogens is 326 g/mol. The summed E-state index contributed by atoms with van der Waals surface area (Å²) < 4.78 is 0. The molecule has 2 aliphatic heterocycles. The third kappa shape index (κ3) is 3.62. The first-order chi connectivity index (χ1) is 12.4. The number of likely N-dealkylation sites (N-methyl/N-ethyl adjacent to an activating group) is 1. The number of benzene rings is 1. The Kier molecular flexibility index (Phi) is 5.35. The van der Waals surface area contributed by atoms with Gasteiger partial charge in [0.05, 0.1) is 12.6 Å². The van der Waals surface area contributed by atoms with Crippen molar-refractivity contribution in [3.63, 3.8) is 0 Å². The summed E-state index contributed by atoms with van der Waals surface area (Å²) in [6, 6.07) is 8.53. The van der Waals surface area contributed by atoms with E-state index in [1.807, 2.05) is 4.90 Å². The Morgan fingerprint density at radius 1 is 1.31 bits per heavy atom. The Hall–Kier alpha value is -2.30. The van der Waals surface area contributed by atoms with Crippen molar-refractivity contribution < 1.29 is 9.59 Å². The highest BCUT2D eigenvalue weighted by atomic mass is 16.2. The number of amides is 2. The third-order valence-corrected chi connectivity index (χ3v) is 5.42. The molecule has 2 aliphatic rings. The summed E-state index contributed by atoms with van der Waals surface area (Å²) in [5.74, 6) is 0.451. The molecule has 1 atom stereocenters. The zero-order chi connectivity index (χ0) is 18.8. The van der Waals surface area contributed by atoms with Gasteiger partial charge in [-0.2, -0.15) is 0 Å². The van der Waals surface area contributed by atoms with Gasteiger partial charge in [0.2, 0.25) is 11.8 Å². The Labute approximate surface area is 156 Å². The van der Waals surface area contributed by atoms with E-state index in [0.29, 0.717) is 5.92 Å². The zero-order valence-corrected chi connectivity index (χ0v) is 16.2. The van der Waals surface area contributed by atoms with E-state index in [1.165, 1.54) is 34.2 Å². The Balaban J connectivity index is 1.92. The highest BCUT2D eigenvalue weighted by Gasteiger charge is 2.35. The summed E-state index contributed by atoms with van der Waals surface area (Å²) in [5, 5.41) is 3.52. The minimum absolute atomic E-state index is 0.0405. The van der Waals surface area contributed by atoms with Crippen LogP contribution >= 0.6 is 0 Å². The van der Waals surface area contributed by atoms with Gasteiger partial charge in [-0.05, 0) is 36.0 Å². The molecule has 140 valence electrons. The molecule has 2 amide bonds. The van der Waals surface area contributed by atoms with E-state index in [9.17, 15) is 9.59 Å². The highest BCUT2D eigenvalue weighted by Crippen LogP contribution is 2.39. The molecule has 0 aromatic heterocycles. The Bertz CT molecular complexity index is 739. The second-order valence-corrected chi connectivity index (χ2v) is 7.76. The van der Waals surface area contributed by atoms with Crippen LogP contribution < -0.4 is 5.32 Å². The van der Waals surface area contributed by atoms with E-state index < -0.39 is 0 Å². The standard InChI is InChI=1S/C21H29N3O2/c1-14(2)11-20-18-12-22-19-8-6-5-7-17(19)16(18)9-10-24(20)21(26)13-23(4)15(3)25/h5-8,14,20,22H,9-13H2,1-4H3/t20-/m0/s1. The minimum Gasteiger partial charge on any atom is -0.381 e. The predicted octanol–water partition coefficient (Wildman–Crippen LogP) is 2.99. The lowest BCUT2D eigenvalue weighted by Gasteiger charge is -2.42. The van der Waals surface area contributed by atoms with Gasteiger partial charge in [-0.25, -0.2) is 0 Å². The fourth-order valence-electron chi connectivity index (χ4n) is 3.98. The third-order valence-electron chi connectivity index (χ3n) is 5.42. The van der Waals surface area contributed by atoms with Gasteiger partial charge in [0.1, 0.15) is 0 Å². The van der Waals surface area contributed by atoms with Gasteiger partial charge in [0, 0.05) is 38.3 Å². The molecule has 26 heavy (non-hydrogen) atoms. The Morgan fingerprint density at radius 3 is 2.73 bits per heavy atom. The molecule has 0 aliphatic carbocycles. The molecule has 0 radical (unpaired) electrons. The average Bonchev–Trinajstić information content (AvgIpc) is 2.60. The van der Waals surface area contributed by atoms with E-state index in [0.717, 1.165) is 25.9 Å². The van der Waals surface area contributed by atoms with Crippen molar-refractivity contribution in [1.82, 2.24) is 9.80 Å². The molecule has 5 nitrogen and oxygen atoms in total. The van der Waals surface area contributed by atoms with E-state index >= 15 is 0 Å². The molecule has 0 fully saturated rings. The van der Waals surface area contributed by atoms with Gasteiger partial charge in [-0.1, -0.05) is 32.0 Å². The number of hydrogen-bond acceptors (Lipinski definition) is 3. The zero-order valence-electron chi connectivity index (χ0n) is 16.2. The lowest BCUT2D eigenvalue weighted by Crippen LogP contribution is -2.50. The van der Waals surface area contributed by atoms with Crippen LogP contribution in [0.3, 0.4) is 0 Å². The normalized spacial score (nSPS) is 19.0. The molecule has 0 saturated carbocycles. The van der Waals surface area contributed by atoms with Crippen LogP contribution in [0.1, 0.15) is 39.2 Å². The molecule has 5 heteroatoms. The average molecular weight is 355 g/mol. The maximum atomic E-state index is 12.9. The van der Waals surface area contributed by atoms with Crippen LogP contribution in [0.5, 0.6) is 0 Å². The monoisotopic (exact) mass is 355 g/mol. The van der Waals surface area contributed by atoms with Crippen LogP contribution in [0, 0.1) is 5.92 Å². The maximum Gasteiger partial charge on any atom is 0.242 e. The van der Waals surface area contributed by atoms with Crippen molar-refractivity contribution in [2.24, 2.45) is 5.92 Å². The van der Waals surface area contributed by atoms with Crippen LogP contribution in [0.15, 0.2) is 29.8 Å². The van der Waals surface area contributed by atoms with Crippen LogP contribution in [0.2, 0.25) is 0 Å². The first-order valence-electron chi connectivity index (χ1n) is 9.44. The van der Waals surface area contributed by atoms with Crippen molar-refractivity contribution in [2.75, 3.05) is 32.0 Å². The lowest BCUT2D eigenvalue weighted by molar-refractivity contribution is -0.139. The topological polar surface area (TPSA) is 52.7 Å². The lowest BCUT2D eigenvalue weighted by atomic mass is 9.82. The van der Waals surface area contributed by atoms with Gasteiger partial charge in [-0.3, -0.25) is 9.59 Å². The van der Waals surface area contributed by atoms with E-state index in [1.54, 1.807) is 7.05 Å². The fourth-order valence-corrected chi connectivity index (χ4v) is 3.98. The maximum absolute atomic E-state index is 12.9. The van der Waals surface area contributed by atoms with Gasteiger partial charge in [0.15, 0.2) is 0 Å². The van der Waals surface area contributed by atoms with Crippen LogP contribution in [0.4, 0.5) is 5.69 Å². The number of nitrogens with one attached hydrogen (secondary N) is 1. The molecule has 1 N–H and O–H groups in total. The predicted molar refractivity (Wildman–Crippen MR) is 105 cm³/mol. The fraction of sp³-hybridized carbons (Fsp3) is 0.524. The molecule has 0 unspecified atom stereocenters. The van der Waals surface area contributed by atoms with Crippen LogP contribution in [-0.4, -0.2) is 54.3 Å². The van der Waals surface area contributed by atoms with Crippen LogP contribution in [0.25, 0.3) is 5.57 Å². The number of fused-ring (bicyclic) bond motifs is 2. The minimum atomic E-state index is -0.0797. The number of carbonyl (C=O) groups excluding carboxylic acids is 2. The molecule has 1 aromatic rings. The van der Waals surface area contributed by atoms with E-state index in [-0.39, 0.29) is 24.4 Å². The van der Waals surface area contributed by atoms with E-state index in [2.05, 4.69) is 43.4 Å². The number of para-hydroxylation sites is 1. The molecule has 0 saturated heterocycles. The number of hydrogen-bond donors (Lipinski definition) is 1. The van der Waals surface area contributed by atoms with Crippen molar-refractivity contribution in [1.29, 1.82) is 0 Å². The van der Waals surface area contributed by atoms with E-state index in [4.69, 9.17) is 0 Å². The first kappa shape index (κ1) is 18.5. The van der Waals surface area contributed by atoms with Gasteiger partial charge < -0.3 is 15.1 Å². The van der Waals surface area contributed by atoms with Crippen molar-refractivity contribution >= 4 is 23.1 Å². The summed E-state index contributed by atoms with van der Waals surface area (Å²) in [5.41, 5.74) is 5.19. The summed E-state index contributed by atoms with van der Waals surface area (Å²) >= 11 is 0. The summed E-state index contributed by atoms with van der Waals surface area (Å²) in [6.07, 6.45) is 1.82. The quantitative estimate of drug-likeness (QED) is 0.903. The number of rotatable bonds is 4. The van der Waals surface area contributed by atoms with Crippen molar-refractivity contribution in [3.8, 4) is 0 Å². The summed E-state index contributed by atoms with van der Waals surface area (Å²) in [6.45, 7) is 7.55. The van der Waals surface area contributed by atoms with Gasteiger partial charge in [0.25, 0.3) is 0 Å². The summed E-state index contributed by atoms with van der Waals surface area (Å²) in [7, 11) is 1.69. The van der Waals surface area contributed by atoms with Gasteiger partial charge in [-0.15, -0.1) is 0 Å². The van der Waals surface area contributed by atoms with Gasteiger partial charge >= 0.3 is 0 Å². The second kappa shape index (κ2) is 7.52. The first-order valence-corrected chi connectivity index (χ1v) is 9.44. The molecule has 1 aromatic carbocycles. The number of anilines is 1. The second-order valence-electron chi connectivity index (χ2n) is 7.76. The Morgan fingerprint density at radius 2 is 2.04 bits per heavy atom. The molecular formula is C21H29N3O2. The molecule has 3 rings (SSSR count). The SMILES string of the molecule is CC(=O)N(C)CC(=O)N1CCC2=C(CNc3ccccc32)[C@@H]1CC(C)C. The number of carbonyl (C=O) groups is 2. The summed E-state index contributed by atoms with van der Waals surface area (Å²) in [4.78, 5) is 27.9. The molecule has 0 bridgehead atoms. The molecule has 0 spiro atoms. The van der Waals surface area contributed by atoms with Crippen molar-refractivity contribution in [2.45, 2.75) is 39.7 Å². The molecule has 2 heterocycles. The number of nitrogens with zero attached hydrogens (tertiary/aromatic N) is 2. The smallest absolute Gasteiger partial charge is 0.242 e. The van der Waals surface area contributed by atoms with Crippen molar-refractivity contribution in [3.05, 3.63) is 35.4 Å². The van der Waals surface area contributed by atoms with Crippen LogP contribution in [-0.2, 0) is 9.59 Å².